The highest BCUT2D eigenvalue weighted by molar-refractivity contribution is 7.89. The first-order chi connectivity index (χ1) is 17.7. The van der Waals surface area contributed by atoms with Crippen LogP contribution in [0.15, 0.2) is 47.4 Å². The van der Waals surface area contributed by atoms with Crippen molar-refractivity contribution in [3.8, 4) is 5.75 Å². The number of methoxy groups -OCH3 is 1. The van der Waals surface area contributed by atoms with Crippen LogP contribution >= 0.6 is 0 Å². The van der Waals surface area contributed by atoms with E-state index in [9.17, 15) is 18.0 Å². The number of hydrogen-bond acceptors (Lipinski definition) is 7. The van der Waals surface area contributed by atoms with Gasteiger partial charge in [0.15, 0.2) is 0 Å². The molecule has 0 spiro atoms. The van der Waals surface area contributed by atoms with E-state index in [0.29, 0.717) is 55.5 Å². The first kappa shape index (κ1) is 26.6. The summed E-state index contributed by atoms with van der Waals surface area (Å²) in [4.78, 5) is 31.2. The molecule has 0 atom stereocenters. The number of nitrogens with one attached hydrogen (secondary N) is 1. The van der Waals surface area contributed by atoms with E-state index < -0.39 is 10.0 Å². The summed E-state index contributed by atoms with van der Waals surface area (Å²) in [7, 11) is 1.32. The predicted octanol–water partition coefficient (Wildman–Crippen LogP) is 1.63. The van der Waals surface area contributed by atoms with Crippen molar-refractivity contribution in [2.24, 2.45) is 7.05 Å². The second kappa shape index (κ2) is 11.3. The Morgan fingerprint density at radius 3 is 2.65 bits per heavy atom. The van der Waals surface area contributed by atoms with Crippen molar-refractivity contribution >= 4 is 38.6 Å². The third-order valence-electron chi connectivity index (χ3n) is 6.28. The van der Waals surface area contributed by atoms with Gasteiger partial charge in [0.25, 0.3) is 0 Å². The number of rotatable bonds is 9. The van der Waals surface area contributed by atoms with Crippen LogP contribution in [0.3, 0.4) is 0 Å². The standard InChI is InChI=1S/C25H31N5O6S/c1-28(17-24(31)26-18-5-4-6-19(15-18)35-3)25(32)10-9-23-27-21-16-20(7-8-22(21)29(23)2)37(33,34)30-11-13-36-14-12-30/h4-8,15-16H,9-14,17H2,1-3H3,(H,26,31). The molecule has 0 saturated carbocycles. The molecule has 4 rings (SSSR count). The third kappa shape index (κ3) is 6.09. The Kier molecular flexibility index (Phi) is 8.10. The number of amides is 2. The fourth-order valence-corrected chi connectivity index (χ4v) is 5.59. The molecular formula is C25H31N5O6S. The number of nitrogens with zero attached hydrogens (tertiary/aromatic N) is 4. The van der Waals surface area contributed by atoms with Gasteiger partial charge in [-0.25, -0.2) is 13.4 Å². The van der Waals surface area contributed by atoms with Crippen molar-refractivity contribution in [1.82, 2.24) is 18.8 Å². The summed E-state index contributed by atoms with van der Waals surface area (Å²) >= 11 is 0. The number of fused-ring (bicyclic) bond motifs is 1. The topological polar surface area (TPSA) is 123 Å². The van der Waals surface area contributed by atoms with E-state index in [4.69, 9.17) is 9.47 Å². The number of morpholine rings is 1. The Hall–Kier alpha value is -3.48. The molecule has 1 fully saturated rings. The highest BCUT2D eigenvalue weighted by Gasteiger charge is 2.27. The Balaban J connectivity index is 1.37. The SMILES string of the molecule is COc1cccc(NC(=O)CN(C)C(=O)CCc2nc3cc(S(=O)(=O)N4CCOCC4)ccc3n2C)c1. The molecular weight excluding hydrogens is 498 g/mol. The molecule has 198 valence electrons. The number of benzene rings is 2. The Labute approximate surface area is 216 Å². The van der Waals surface area contributed by atoms with Crippen LogP contribution in [0.25, 0.3) is 11.0 Å². The van der Waals surface area contributed by atoms with Gasteiger partial charge in [0.1, 0.15) is 11.6 Å². The van der Waals surface area contributed by atoms with E-state index in [1.165, 1.54) is 9.21 Å². The monoisotopic (exact) mass is 529 g/mol. The Bertz CT molecular complexity index is 1400. The third-order valence-corrected chi connectivity index (χ3v) is 8.17. The van der Waals surface area contributed by atoms with E-state index in [2.05, 4.69) is 10.3 Å². The number of carbonyl (C=O) groups is 2. The molecule has 3 aromatic rings. The first-order valence-electron chi connectivity index (χ1n) is 11.9. The summed E-state index contributed by atoms with van der Waals surface area (Å²) < 4.78 is 39.7. The number of hydrogen-bond donors (Lipinski definition) is 1. The summed E-state index contributed by atoms with van der Waals surface area (Å²) in [5.74, 6) is 0.748. The highest BCUT2D eigenvalue weighted by Crippen LogP contribution is 2.23. The number of aryl methyl sites for hydroxylation is 2. The number of aromatic nitrogens is 2. The van der Waals surface area contributed by atoms with Crippen LogP contribution in [0.1, 0.15) is 12.2 Å². The lowest BCUT2D eigenvalue weighted by atomic mass is 10.2. The predicted molar refractivity (Wildman–Crippen MR) is 138 cm³/mol. The van der Waals surface area contributed by atoms with Crippen LogP contribution in [0, 0.1) is 0 Å². The van der Waals surface area contributed by atoms with Crippen LogP contribution < -0.4 is 10.1 Å². The zero-order valence-corrected chi connectivity index (χ0v) is 22.0. The van der Waals surface area contributed by atoms with Crippen molar-refractivity contribution in [3.63, 3.8) is 0 Å². The number of imidazole rings is 1. The van der Waals surface area contributed by atoms with Gasteiger partial charge in [-0.05, 0) is 30.3 Å². The molecule has 1 aliphatic rings. The quantitative estimate of drug-likeness (QED) is 0.447. The molecule has 2 amide bonds. The first-order valence-corrected chi connectivity index (χ1v) is 13.3. The van der Waals surface area contributed by atoms with Gasteiger partial charge in [0.2, 0.25) is 21.8 Å². The smallest absolute Gasteiger partial charge is 0.243 e. The van der Waals surface area contributed by atoms with E-state index in [0.717, 1.165) is 5.52 Å². The molecule has 0 bridgehead atoms. The molecule has 1 saturated heterocycles. The molecule has 0 radical (unpaired) electrons. The summed E-state index contributed by atoms with van der Waals surface area (Å²) in [6, 6.07) is 11.9. The number of carbonyl (C=O) groups excluding carboxylic acids is 2. The van der Waals surface area contributed by atoms with Gasteiger partial charge < -0.3 is 24.3 Å². The van der Waals surface area contributed by atoms with Gasteiger partial charge in [0, 0.05) is 51.8 Å². The van der Waals surface area contributed by atoms with Gasteiger partial charge >= 0.3 is 0 Å². The summed E-state index contributed by atoms with van der Waals surface area (Å²) in [5, 5.41) is 2.76. The second-order valence-electron chi connectivity index (χ2n) is 8.78. The lowest BCUT2D eigenvalue weighted by molar-refractivity contribution is -0.133. The lowest BCUT2D eigenvalue weighted by Gasteiger charge is -2.26. The van der Waals surface area contributed by atoms with Gasteiger partial charge in [-0.1, -0.05) is 6.07 Å². The summed E-state index contributed by atoms with van der Waals surface area (Å²) in [5.41, 5.74) is 1.90. The van der Waals surface area contributed by atoms with Gasteiger partial charge in [0.05, 0.1) is 42.8 Å². The van der Waals surface area contributed by atoms with E-state index in [-0.39, 0.29) is 29.7 Å². The summed E-state index contributed by atoms with van der Waals surface area (Å²) in [6.45, 7) is 1.30. The minimum absolute atomic E-state index is 0.0959. The van der Waals surface area contributed by atoms with E-state index in [1.807, 2.05) is 11.6 Å². The summed E-state index contributed by atoms with van der Waals surface area (Å²) in [6.07, 6.45) is 0.496. The average molecular weight is 530 g/mol. The number of ether oxygens (including phenoxy) is 2. The van der Waals surface area contributed by atoms with Crippen LogP contribution in [0.2, 0.25) is 0 Å². The lowest BCUT2D eigenvalue weighted by Crippen LogP contribution is -2.40. The van der Waals surface area contributed by atoms with Crippen LogP contribution in [0.5, 0.6) is 5.75 Å². The maximum Gasteiger partial charge on any atom is 0.243 e. The maximum absolute atomic E-state index is 13.0. The minimum atomic E-state index is -3.63. The van der Waals surface area contributed by atoms with Crippen molar-refractivity contribution in [2.45, 2.75) is 17.7 Å². The maximum atomic E-state index is 13.0. The van der Waals surface area contributed by atoms with Crippen molar-refractivity contribution < 1.29 is 27.5 Å². The highest BCUT2D eigenvalue weighted by atomic mass is 32.2. The molecule has 1 aromatic heterocycles. The largest absolute Gasteiger partial charge is 0.497 e. The van der Waals surface area contributed by atoms with Gasteiger partial charge in [-0.3, -0.25) is 9.59 Å². The molecule has 11 nitrogen and oxygen atoms in total. The molecule has 1 aliphatic heterocycles. The van der Waals surface area contributed by atoms with Gasteiger partial charge in [-0.2, -0.15) is 4.31 Å². The van der Waals surface area contributed by atoms with Crippen LogP contribution in [-0.2, 0) is 37.8 Å². The Morgan fingerprint density at radius 1 is 1.16 bits per heavy atom. The molecule has 12 heteroatoms. The van der Waals surface area contributed by atoms with Crippen molar-refractivity contribution in [2.75, 3.05) is 52.3 Å². The number of likely N-dealkylation sites (N-methyl/N-ethyl adjacent to an activating group) is 1. The zero-order chi connectivity index (χ0) is 26.6. The molecule has 1 N–H and O–H groups in total. The molecule has 0 aliphatic carbocycles. The zero-order valence-electron chi connectivity index (χ0n) is 21.1. The fourth-order valence-electron chi connectivity index (χ4n) is 4.16. The second-order valence-corrected chi connectivity index (χ2v) is 10.7. The van der Waals surface area contributed by atoms with Crippen LogP contribution in [0.4, 0.5) is 5.69 Å². The molecule has 2 aromatic carbocycles. The molecule has 0 unspecified atom stereocenters. The van der Waals surface area contributed by atoms with E-state index >= 15 is 0 Å². The van der Waals surface area contributed by atoms with Crippen molar-refractivity contribution in [1.29, 1.82) is 0 Å². The fraction of sp³-hybridized carbons (Fsp3) is 0.400. The average Bonchev–Trinajstić information content (AvgIpc) is 3.22. The molecule has 37 heavy (non-hydrogen) atoms. The van der Waals surface area contributed by atoms with Gasteiger partial charge in [-0.15, -0.1) is 0 Å². The van der Waals surface area contributed by atoms with E-state index in [1.54, 1.807) is 56.6 Å². The van der Waals surface area contributed by atoms with Crippen LogP contribution in [-0.4, -0.2) is 86.0 Å². The number of sulfonamides is 1. The molecule has 2 heterocycles. The Morgan fingerprint density at radius 2 is 1.92 bits per heavy atom. The van der Waals surface area contributed by atoms with Crippen molar-refractivity contribution in [3.05, 3.63) is 48.3 Å². The number of anilines is 1. The minimum Gasteiger partial charge on any atom is -0.497 e. The normalized spacial score (nSPS) is 14.5.